The Hall–Kier alpha value is -0.410. The van der Waals surface area contributed by atoms with Crippen LogP contribution in [0, 0.1) is 5.82 Å². The molecule has 90 valence electrons. The molecule has 3 heteroatoms. The number of ether oxygens (including phenoxy) is 1. The van der Waals surface area contributed by atoms with E-state index in [9.17, 15) is 4.39 Å². The van der Waals surface area contributed by atoms with Crippen molar-refractivity contribution >= 4 is 15.9 Å². The Morgan fingerprint density at radius 3 is 2.69 bits per heavy atom. The van der Waals surface area contributed by atoms with Crippen LogP contribution in [0.2, 0.25) is 0 Å². The molecule has 1 aromatic rings. The van der Waals surface area contributed by atoms with Gasteiger partial charge in [-0.15, -0.1) is 0 Å². The molecule has 0 aromatic heterocycles. The molecule has 0 heterocycles. The minimum atomic E-state index is -0.192. The van der Waals surface area contributed by atoms with E-state index in [1.165, 1.54) is 12.5 Å². The largest absolute Gasteiger partial charge is 0.373 e. The van der Waals surface area contributed by atoms with E-state index >= 15 is 0 Å². The molecule has 1 unspecified atom stereocenters. The normalized spacial score (nSPS) is 12.7. The van der Waals surface area contributed by atoms with Gasteiger partial charge >= 0.3 is 0 Å². The molecule has 0 fully saturated rings. The van der Waals surface area contributed by atoms with E-state index < -0.39 is 0 Å². The molecule has 0 radical (unpaired) electrons. The molecule has 0 N–H and O–H groups in total. The molecular weight excluding hydrogens is 271 g/mol. The molecule has 1 atom stereocenters. The molecule has 1 rings (SSSR count). The maximum absolute atomic E-state index is 13.5. The maximum Gasteiger partial charge on any atom is 0.129 e. The summed E-state index contributed by atoms with van der Waals surface area (Å²) in [6.45, 7) is 2.84. The topological polar surface area (TPSA) is 9.23 Å². The summed E-state index contributed by atoms with van der Waals surface area (Å²) in [5, 5.41) is 0.625. The second kappa shape index (κ2) is 7.80. The van der Waals surface area contributed by atoms with Crippen molar-refractivity contribution in [2.45, 2.75) is 32.3 Å². The van der Waals surface area contributed by atoms with Gasteiger partial charge in [-0.05, 0) is 12.5 Å². The first-order valence-electron chi connectivity index (χ1n) is 5.71. The fourth-order valence-electron chi connectivity index (χ4n) is 1.53. The van der Waals surface area contributed by atoms with Gasteiger partial charge in [0.05, 0.1) is 6.10 Å². The van der Waals surface area contributed by atoms with Crippen molar-refractivity contribution in [3.63, 3.8) is 0 Å². The maximum atomic E-state index is 13.5. The number of benzene rings is 1. The summed E-state index contributed by atoms with van der Waals surface area (Å²) in [7, 11) is 0. The SMILES string of the molecule is CCCCCOC(CBr)c1ccccc1F. The summed E-state index contributed by atoms with van der Waals surface area (Å²) in [5.74, 6) is -0.192. The van der Waals surface area contributed by atoms with Crippen molar-refractivity contribution in [2.75, 3.05) is 11.9 Å². The molecule has 1 aromatic carbocycles. The van der Waals surface area contributed by atoms with Gasteiger partial charge in [0.2, 0.25) is 0 Å². The lowest BCUT2D eigenvalue weighted by Crippen LogP contribution is -2.09. The fourth-order valence-corrected chi connectivity index (χ4v) is 2.07. The first-order valence-corrected chi connectivity index (χ1v) is 6.83. The summed E-state index contributed by atoms with van der Waals surface area (Å²) < 4.78 is 19.2. The molecule has 0 amide bonds. The van der Waals surface area contributed by atoms with Gasteiger partial charge in [0.15, 0.2) is 0 Å². The smallest absolute Gasteiger partial charge is 0.129 e. The van der Waals surface area contributed by atoms with Crippen molar-refractivity contribution in [3.8, 4) is 0 Å². The number of hydrogen-bond donors (Lipinski definition) is 0. The standard InChI is InChI=1S/C13H18BrFO/c1-2-3-6-9-16-13(10-14)11-7-4-5-8-12(11)15/h4-5,7-8,13H,2-3,6,9-10H2,1H3. The minimum absolute atomic E-state index is 0.182. The van der Waals surface area contributed by atoms with Crippen molar-refractivity contribution < 1.29 is 9.13 Å². The highest BCUT2D eigenvalue weighted by molar-refractivity contribution is 9.09. The third-order valence-corrected chi connectivity index (χ3v) is 3.05. The second-order valence-corrected chi connectivity index (χ2v) is 4.39. The highest BCUT2D eigenvalue weighted by Crippen LogP contribution is 2.22. The molecular formula is C13H18BrFO. The van der Waals surface area contributed by atoms with Crippen molar-refractivity contribution in [2.24, 2.45) is 0 Å². The summed E-state index contributed by atoms with van der Waals surface area (Å²) >= 11 is 3.36. The van der Waals surface area contributed by atoms with Crippen LogP contribution in [0.15, 0.2) is 24.3 Å². The van der Waals surface area contributed by atoms with E-state index in [1.807, 2.05) is 6.07 Å². The lowest BCUT2D eigenvalue weighted by Gasteiger charge is -2.16. The summed E-state index contributed by atoms with van der Waals surface area (Å²) in [6, 6.07) is 6.78. The number of rotatable bonds is 7. The van der Waals surface area contributed by atoms with Crippen LogP contribution >= 0.6 is 15.9 Å². The average Bonchev–Trinajstić information content (AvgIpc) is 2.31. The van der Waals surface area contributed by atoms with Crippen LogP contribution in [0.4, 0.5) is 4.39 Å². The van der Waals surface area contributed by atoms with E-state index in [4.69, 9.17) is 4.74 Å². The number of unbranched alkanes of at least 4 members (excludes halogenated alkanes) is 2. The molecule has 0 aliphatic heterocycles. The van der Waals surface area contributed by atoms with Gasteiger partial charge < -0.3 is 4.74 Å². The molecule has 1 nitrogen and oxygen atoms in total. The van der Waals surface area contributed by atoms with Crippen LogP contribution < -0.4 is 0 Å². The predicted octanol–water partition coefficient (Wildman–Crippen LogP) is 4.47. The van der Waals surface area contributed by atoms with E-state index in [0.717, 1.165) is 12.8 Å². The Bertz CT molecular complexity index is 304. The predicted molar refractivity (Wildman–Crippen MR) is 68.4 cm³/mol. The molecule has 0 bridgehead atoms. The van der Waals surface area contributed by atoms with Gasteiger partial charge in [-0.3, -0.25) is 0 Å². The molecule has 0 aliphatic rings. The number of halogens is 2. The summed E-state index contributed by atoms with van der Waals surface area (Å²) in [4.78, 5) is 0. The van der Waals surface area contributed by atoms with Crippen LogP contribution in [0.25, 0.3) is 0 Å². The summed E-state index contributed by atoms with van der Waals surface area (Å²) in [5.41, 5.74) is 0.635. The first-order chi connectivity index (χ1) is 7.79. The molecule has 0 saturated carbocycles. The molecule has 0 aliphatic carbocycles. The average molecular weight is 289 g/mol. The molecule has 0 saturated heterocycles. The Balaban J connectivity index is 2.51. The van der Waals surface area contributed by atoms with Crippen molar-refractivity contribution in [3.05, 3.63) is 35.6 Å². The van der Waals surface area contributed by atoms with Gasteiger partial charge in [0, 0.05) is 17.5 Å². The zero-order chi connectivity index (χ0) is 11.8. The zero-order valence-corrected chi connectivity index (χ0v) is 11.2. The minimum Gasteiger partial charge on any atom is -0.373 e. The molecule has 0 spiro atoms. The Morgan fingerprint density at radius 2 is 2.06 bits per heavy atom. The Morgan fingerprint density at radius 1 is 1.31 bits per heavy atom. The van der Waals surface area contributed by atoms with Gasteiger partial charge in [0.25, 0.3) is 0 Å². The van der Waals surface area contributed by atoms with Crippen molar-refractivity contribution in [1.82, 2.24) is 0 Å². The highest BCUT2D eigenvalue weighted by Gasteiger charge is 2.14. The first kappa shape index (κ1) is 13.7. The van der Waals surface area contributed by atoms with Crippen LogP contribution in [0.5, 0.6) is 0 Å². The van der Waals surface area contributed by atoms with Crippen LogP contribution in [0.1, 0.15) is 37.9 Å². The zero-order valence-electron chi connectivity index (χ0n) is 9.59. The second-order valence-electron chi connectivity index (χ2n) is 3.74. The van der Waals surface area contributed by atoms with Crippen LogP contribution in [-0.4, -0.2) is 11.9 Å². The highest BCUT2D eigenvalue weighted by atomic mass is 79.9. The van der Waals surface area contributed by atoms with Gasteiger partial charge in [0.1, 0.15) is 5.82 Å². The lowest BCUT2D eigenvalue weighted by atomic mass is 10.1. The number of alkyl halides is 1. The van der Waals surface area contributed by atoms with Gasteiger partial charge in [-0.1, -0.05) is 53.9 Å². The Labute approximate surface area is 105 Å². The van der Waals surface area contributed by atoms with Gasteiger partial charge in [-0.2, -0.15) is 0 Å². The Kier molecular flexibility index (Phi) is 6.65. The van der Waals surface area contributed by atoms with Crippen molar-refractivity contribution in [1.29, 1.82) is 0 Å². The quantitative estimate of drug-likeness (QED) is 0.531. The van der Waals surface area contributed by atoms with Gasteiger partial charge in [-0.25, -0.2) is 4.39 Å². The summed E-state index contributed by atoms with van der Waals surface area (Å²) in [6.07, 6.45) is 3.18. The lowest BCUT2D eigenvalue weighted by molar-refractivity contribution is 0.0646. The van der Waals surface area contributed by atoms with Crippen LogP contribution in [0.3, 0.4) is 0 Å². The van der Waals surface area contributed by atoms with E-state index in [-0.39, 0.29) is 11.9 Å². The van der Waals surface area contributed by atoms with E-state index in [1.54, 1.807) is 12.1 Å². The van der Waals surface area contributed by atoms with E-state index in [2.05, 4.69) is 22.9 Å². The van der Waals surface area contributed by atoms with E-state index in [0.29, 0.717) is 17.5 Å². The molecule has 16 heavy (non-hydrogen) atoms. The fraction of sp³-hybridized carbons (Fsp3) is 0.538. The van der Waals surface area contributed by atoms with Crippen LogP contribution in [-0.2, 0) is 4.74 Å². The number of hydrogen-bond acceptors (Lipinski definition) is 1. The third kappa shape index (κ3) is 4.22. The third-order valence-electron chi connectivity index (χ3n) is 2.46. The monoisotopic (exact) mass is 288 g/mol.